The Morgan fingerprint density at radius 1 is 1.44 bits per heavy atom. The Balaban J connectivity index is 2.14. The van der Waals surface area contributed by atoms with Gasteiger partial charge in [0.15, 0.2) is 5.75 Å². The highest BCUT2D eigenvalue weighted by atomic mass is 16.6. The summed E-state index contributed by atoms with van der Waals surface area (Å²) in [6, 6.07) is 5.26. The molecular formula is C13H16N2O3. The topological polar surface area (TPSA) is 64.4 Å². The third kappa shape index (κ3) is 2.80. The van der Waals surface area contributed by atoms with Crippen LogP contribution in [0.25, 0.3) is 0 Å². The predicted molar refractivity (Wildman–Crippen MR) is 70.1 cm³/mol. The van der Waals surface area contributed by atoms with Crippen LogP contribution in [0.15, 0.2) is 30.4 Å². The average Bonchev–Trinajstić information content (AvgIpc) is 2.39. The van der Waals surface area contributed by atoms with Gasteiger partial charge in [-0.3, -0.25) is 10.1 Å². The third-order valence-corrected chi connectivity index (χ3v) is 3.02. The first kappa shape index (κ1) is 12.4. The van der Waals surface area contributed by atoms with Crippen molar-refractivity contribution in [3.63, 3.8) is 0 Å². The maximum Gasteiger partial charge on any atom is 0.311 e. The van der Waals surface area contributed by atoms with Crippen LogP contribution < -0.4 is 10.1 Å². The monoisotopic (exact) mass is 248 g/mol. The van der Waals surface area contributed by atoms with Crippen LogP contribution in [-0.4, -0.2) is 18.1 Å². The smallest absolute Gasteiger partial charge is 0.311 e. The SMILES string of the molecule is COc1cc(NC2CC=CCC2)ccc1[N+](=O)[O-]. The van der Waals surface area contributed by atoms with Crippen LogP contribution in [0.3, 0.4) is 0 Å². The van der Waals surface area contributed by atoms with Gasteiger partial charge in [-0.25, -0.2) is 0 Å². The van der Waals surface area contributed by atoms with E-state index in [1.165, 1.54) is 13.2 Å². The average molecular weight is 248 g/mol. The molecule has 1 aliphatic rings. The Kier molecular flexibility index (Phi) is 3.82. The molecule has 1 aliphatic carbocycles. The maximum absolute atomic E-state index is 10.8. The quantitative estimate of drug-likeness (QED) is 0.505. The number of anilines is 1. The molecule has 0 heterocycles. The molecule has 0 aromatic heterocycles. The van der Waals surface area contributed by atoms with E-state index in [0.29, 0.717) is 6.04 Å². The summed E-state index contributed by atoms with van der Waals surface area (Å²) in [6.07, 6.45) is 7.47. The maximum atomic E-state index is 10.8. The lowest BCUT2D eigenvalue weighted by molar-refractivity contribution is -0.385. The van der Waals surface area contributed by atoms with E-state index in [9.17, 15) is 10.1 Å². The third-order valence-electron chi connectivity index (χ3n) is 3.02. The van der Waals surface area contributed by atoms with Crippen LogP contribution in [-0.2, 0) is 0 Å². The van der Waals surface area contributed by atoms with E-state index in [1.54, 1.807) is 12.1 Å². The molecule has 1 N–H and O–H groups in total. The molecule has 0 bridgehead atoms. The zero-order chi connectivity index (χ0) is 13.0. The minimum atomic E-state index is -0.439. The molecule has 1 aromatic rings. The van der Waals surface area contributed by atoms with Gasteiger partial charge >= 0.3 is 5.69 Å². The van der Waals surface area contributed by atoms with Crippen molar-refractivity contribution < 1.29 is 9.66 Å². The number of nitrogens with zero attached hydrogens (tertiary/aromatic N) is 1. The van der Waals surface area contributed by atoms with Crippen molar-refractivity contribution in [3.05, 3.63) is 40.5 Å². The van der Waals surface area contributed by atoms with Gasteiger partial charge in [-0.15, -0.1) is 0 Å². The van der Waals surface area contributed by atoms with Gasteiger partial charge < -0.3 is 10.1 Å². The number of allylic oxidation sites excluding steroid dienone is 1. The van der Waals surface area contributed by atoms with Crippen LogP contribution >= 0.6 is 0 Å². The zero-order valence-electron chi connectivity index (χ0n) is 10.3. The highest BCUT2D eigenvalue weighted by molar-refractivity contribution is 5.58. The fraction of sp³-hybridized carbons (Fsp3) is 0.385. The standard InChI is InChI=1S/C13H16N2O3/c1-18-13-9-11(7-8-12(13)15(16)17)14-10-5-3-2-4-6-10/h2-3,7-10,14H,4-6H2,1H3. The summed E-state index contributed by atoms with van der Waals surface area (Å²) in [7, 11) is 1.44. The molecule has 0 amide bonds. The molecule has 0 saturated carbocycles. The van der Waals surface area contributed by atoms with Gasteiger partial charge in [-0.1, -0.05) is 12.2 Å². The number of nitrogens with one attached hydrogen (secondary N) is 1. The second kappa shape index (κ2) is 5.53. The van der Waals surface area contributed by atoms with E-state index < -0.39 is 4.92 Å². The highest BCUT2D eigenvalue weighted by Gasteiger charge is 2.16. The van der Waals surface area contributed by atoms with Gasteiger partial charge in [-0.05, 0) is 25.3 Å². The van der Waals surface area contributed by atoms with E-state index >= 15 is 0 Å². The van der Waals surface area contributed by atoms with Crippen LogP contribution in [0.5, 0.6) is 5.75 Å². The molecule has 0 aliphatic heterocycles. The van der Waals surface area contributed by atoms with Crippen molar-refractivity contribution in [2.45, 2.75) is 25.3 Å². The van der Waals surface area contributed by atoms with E-state index in [0.717, 1.165) is 24.9 Å². The van der Waals surface area contributed by atoms with Crippen molar-refractivity contribution in [2.75, 3.05) is 12.4 Å². The normalized spacial score (nSPS) is 18.4. The van der Waals surface area contributed by atoms with Crippen LogP contribution in [0.4, 0.5) is 11.4 Å². The molecule has 1 aromatic carbocycles. The van der Waals surface area contributed by atoms with E-state index in [4.69, 9.17) is 4.74 Å². The summed E-state index contributed by atoms with van der Waals surface area (Å²) in [6.45, 7) is 0. The Hall–Kier alpha value is -2.04. The summed E-state index contributed by atoms with van der Waals surface area (Å²) >= 11 is 0. The number of rotatable bonds is 4. The molecule has 0 saturated heterocycles. The second-order valence-electron chi connectivity index (χ2n) is 4.27. The molecule has 96 valence electrons. The van der Waals surface area contributed by atoms with Gasteiger partial charge in [-0.2, -0.15) is 0 Å². The number of nitro benzene ring substituents is 1. The van der Waals surface area contributed by atoms with Gasteiger partial charge in [0.2, 0.25) is 0 Å². The minimum Gasteiger partial charge on any atom is -0.490 e. The number of methoxy groups -OCH3 is 1. The first-order chi connectivity index (χ1) is 8.70. The Morgan fingerprint density at radius 2 is 2.28 bits per heavy atom. The fourth-order valence-electron chi connectivity index (χ4n) is 2.08. The van der Waals surface area contributed by atoms with Crippen LogP contribution in [0.2, 0.25) is 0 Å². The molecule has 5 nitrogen and oxygen atoms in total. The molecule has 5 heteroatoms. The summed E-state index contributed by atoms with van der Waals surface area (Å²) < 4.78 is 5.04. The number of ether oxygens (including phenoxy) is 1. The van der Waals surface area contributed by atoms with Crippen molar-refractivity contribution in [1.82, 2.24) is 0 Å². The molecule has 0 radical (unpaired) electrons. The summed E-state index contributed by atoms with van der Waals surface area (Å²) in [5.41, 5.74) is 0.851. The first-order valence-electron chi connectivity index (χ1n) is 5.94. The van der Waals surface area contributed by atoms with Gasteiger partial charge in [0.25, 0.3) is 0 Å². The number of nitro groups is 1. The van der Waals surface area contributed by atoms with Crippen LogP contribution in [0, 0.1) is 10.1 Å². The number of hydrogen-bond acceptors (Lipinski definition) is 4. The largest absolute Gasteiger partial charge is 0.490 e. The Bertz CT molecular complexity index is 471. The first-order valence-corrected chi connectivity index (χ1v) is 5.94. The van der Waals surface area contributed by atoms with Crippen molar-refractivity contribution >= 4 is 11.4 Å². The van der Waals surface area contributed by atoms with Crippen molar-refractivity contribution in [1.29, 1.82) is 0 Å². The molecule has 1 unspecified atom stereocenters. The van der Waals surface area contributed by atoms with E-state index in [2.05, 4.69) is 17.5 Å². The molecule has 0 fully saturated rings. The van der Waals surface area contributed by atoms with Gasteiger partial charge in [0.1, 0.15) is 0 Å². The summed E-state index contributed by atoms with van der Waals surface area (Å²) in [5.74, 6) is 0.288. The predicted octanol–water partition coefficient (Wildman–Crippen LogP) is 3.12. The molecular weight excluding hydrogens is 232 g/mol. The summed E-state index contributed by atoms with van der Waals surface area (Å²) in [5, 5.41) is 14.1. The van der Waals surface area contributed by atoms with E-state index in [-0.39, 0.29) is 11.4 Å². The molecule has 0 spiro atoms. The molecule has 18 heavy (non-hydrogen) atoms. The zero-order valence-corrected chi connectivity index (χ0v) is 10.3. The number of benzene rings is 1. The van der Waals surface area contributed by atoms with Gasteiger partial charge in [0.05, 0.1) is 12.0 Å². The lowest BCUT2D eigenvalue weighted by Crippen LogP contribution is -2.20. The number of hydrogen-bond donors (Lipinski definition) is 1. The summed E-state index contributed by atoms with van der Waals surface area (Å²) in [4.78, 5) is 10.3. The molecule has 1 atom stereocenters. The lowest BCUT2D eigenvalue weighted by atomic mass is 10.0. The van der Waals surface area contributed by atoms with Crippen LogP contribution in [0.1, 0.15) is 19.3 Å². The van der Waals surface area contributed by atoms with Crippen molar-refractivity contribution in [2.24, 2.45) is 0 Å². The molecule has 2 rings (SSSR count). The lowest BCUT2D eigenvalue weighted by Gasteiger charge is -2.20. The second-order valence-corrected chi connectivity index (χ2v) is 4.27. The Labute approximate surface area is 106 Å². The minimum absolute atomic E-state index is 0.00779. The Morgan fingerprint density at radius 3 is 2.89 bits per heavy atom. The highest BCUT2D eigenvalue weighted by Crippen LogP contribution is 2.30. The van der Waals surface area contributed by atoms with E-state index in [1.807, 2.05) is 0 Å². The van der Waals surface area contributed by atoms with Crippen molar-refractivity contribution in [3.8, 4) is 5.75 Å². The van der Waals surface area contributed by atoms with Gasteiger partial charge in [0, 0.05) is 23.9 Å². The fourth-order valence-corrected chi connectivity index (χ4v) is 2.08.